The number of rotatable bonds is 7. The molecule has 2 aliphatic rings. The van der Waals surface area contributed by atoms with Gasteiger partial charge in [-0.2, -0.15) is 0 Å². The van der Waals surface area contributed by atoms with Crippen LogP contribution in [0.25, 0.3) is 10.8 Å². The summed E-state index contributed by atoms with van der Waals surface area (Å²) in [6.45, 7) is 1.75. The zero-order valence-electron chi connectivity index (χ0n) is 19.8. The van der Waals surface area contributed by atoms with Crippen molar-refractivity contribution in [2.75, 3.05) is 32.8 Å². The molecule has 0 bridgehead atoms. The molecule has 5 rings (SSSR count). The van der Waals surface area contributed by atoms with Crippen molar-refractivity contribution < 1.29 is 28.2 Å². The number of β-amino-alcohol motifs (C(OH)–C–C–N with tert-alkyl or cyclic N) is 1. The number of hydrogen-bond donors (Lipinski definition) is 1. The summed E-state index contributed by atoms with van der Waals surface area (Å²) in [7, 11) is 0. The summed E-state index contributed by atoms with van der Waals surface area (Å²) in [6, 6.07) is 13.2. The number of carbonyl (C=O) groups excluding carboxylic acids is 2. The minimum atomic E-state index is -0.925. The van der Waals surface area contributed by atoms with Gasteiger partial charge in [0.15, 0.2) is 17.4 Å². The van der Waals surface area contributed by atoms with Crippen molar-refractivity contribution in [3.63, 3.8) is 0 Å². The molecule has 2 amide bonds. The Labute approximate surface area is 227 Å². The predicted octanol–water partition coefficient (Wildman–Crippen LogP) is 5.05. The molecule has 1 saturated heterocycles. The summed E-state index contributed by atoms with van der Waals surface area (Å²) in [5.74, 6) is -2.55. The quantitative estimate of drug-likeness (QED) is 0.387. The number of benzene rings is 3. The van der Waals surface area contributed by atoms with Crippen LogP contribution in [0.1, 0.15) is 33.6 Å². The van der Waals surface area contributed by atoms with E-state index >= 15 is 0 Å². The first kappa shape index (κ1) is 27.4. The highest BCUT2D eigenvalue weighted by atomic mass is 79.9. The number of hydrogen-bond acceptors (Lipinski definition) is 5. The van der Waals surface area contributed by atoms with Gasteiger partial charge >= 0.3 is 0 Å². The number of likely N-dealkylation sites (tertiary alicyclic amines) is 1. The first-order valence-corrected chi connectivity index (χ1v) is 12.7. The predicted molar refractivity (Wildman–Crippen MR) is 141 cm³/mol. The van der Waals surface area contributed by atoms with Crippen LogP contribution in [0.2, 0.25) is 0 Å². The van der Waals surface area contributed by atoms with Crippen molar-refractivity contribution in [3.05, 3.63) is 75.8 Å². The fraction of sp³-hybridized carbons (Fsp3) is 0.333. The molecule has 0 aromatic heterocycles. The Morgan fingerprint density at radius 1 is 1.00 bits per heavy atom. The lowest BCUT2D eigenvalue weighted by atomic mass is 9.91. The topological polar surface area (TPSA) is 70.1 Å². The second kappa shape index (κ2) is 11.4. The largest absolute Gasteiger partial charge is 0.485 e. The highest BCUT2D eigenvalue weighted by Crippen LogP contribution is 2.31. The van der Waals surface area contributed by atoms with Crippen molar-refractivity contribution in [1.29, 1.82) is 0 Å². The number of carbonyl (C=O) groups is 2. The Balaban J connectivity index is 0.00000320. The van der Waals surface area contributed by atoms with Gasteiger partial charge in [0, 0.05) is 34.1 Å². The standard InChI is InChI=1S/C27H25BrF2N2O4.ClH/c28-18-11-22(29)25(23(30)12-18)36-15-19(33)14-31-9-7-16(8-10-31)13-32-26(34)20-5-1-3-17-4-2-6-21(24(17)20)27(32)35;/h1-6,11-12,16,19,33H,7-10,13-15H2;1H. The van der Waals surface area contributed by atoms with Crippen molar-refractivity contribution >= 4 is 50.9 Å². The molecule has 196 valence electrons. The van der Waals surface area contributed by atoms with Crippen molar-refractivity contribution in [3.8, 4) is 5.75 Å². The monoisotopic (exact) mass is 594 g/mol. The van der Waals surface area contributed by atoms with Gasteiger partial charge in [-0.1, -0.05) is 40.2 Å². The fourth-order valence-corrected chi connectivity index (χ4v) is 5.46. The van der Waals surface area contributed by atoms with Crippen molar-refractivity contribution in [2.24, 2.45) is 5.92 Å². The van der Waals surface area contributed by atoms with Crippen LogP contribution in [0.5, 0.6) is 5.75 Å². The maximum Gasteiger partial charge on any atom is 0.261 e. The number of ether oxygens (including phenoxy) is 1. The second-order valence-corrected chi connectivity index (χ2v) is 10.3. The fourth-order valence-electron chi connectivity index (χ4n) is 5.05. The normalized spacial score (nSPS) is 17.1. The molecule has 10 heteroatoms. The zero-order chi connectivity index (χ0) is 25.4. The van der Waals surface area contributed by atoms with Gasteiger partial charge in [-0.25, -0.2) is 8.78 Å². The lowest BCUT2D eigenvalue weighted by molar-refractivity contribution is 0.0442. The van der Waals surface area contributed by atoms with Gasteiger partial charge in [0.05, 0.1) is 0 Å². The summed E-state index contributed by atoms with van der Waals surface area (Å²) in [4.78, 5) is 29.7. The molecule has 37 heavy (non-hydrogen) atoms. The van der Waals surface area contributed by atoms with E-state index in [-0.39, 0.29) is 41.2 Å². The minimum absolute atomic E-state index is 0. The number of amides is 2. The Kier molecular flexibility index (Phi) is 8.48. The van der Waals surface area contributed by atoms with Crippen LogP contribution in [0, 0.1) is 17.6 Å². The van der Waals surface area contributed by atoms with E-state index in [9.17, 15) is 23.5 Å². The molecule has 1 atom stereocenters. The van der Waals surface area contributed by atoms with Gasteiger partial charge in [-0.3, -0.25) is 14.5 Å². The molecule has 0 aliphatic carbocycles. The van der Waals surface area contributed by atoms with Crippen LogP contribution < -0.4 is 4.74 Å². The van der Waals surface area contributed by atoms with Crippen LogP contribution in [0.15, 0.2) is 53.0 Å². The van der Waals surface area contributed by atoms with E-state index in [2.05, 4.69) is 20.8 Å². The summed E-state index contributed by atoms with van der Waals surface area (Å²) in [5, 5.41) is 11.9. The molecule has 3 aromatic rings. The average molecular weight is 596 g/mol. The Hall–Kier alpha value is -2.59. The van der Waals surface area contributed by atoms with Gasteiger partial charge in [-0.15, -0.1) is 12.4 Å². The van der Waals surface area contributed by atoms with E-state index in [0.717, 1.165) is 35.7 Å². The molecule has 1 fully saturated rings. The third-order valence-electron chi connectivity index (χ3n) is 6.86. The Bertz CT molecular complexity index is 1260. The van der Waals surface area contributed by atoms with E-state index in [4.69, 9.17) is 4.74 Å². The zero-order valence-corrected chi connectivity index (χ0v) is 22.2. The minimum Gasteiger partial charge on any atom is -0.485 e. The number of imide groups is 1. The maximum absolute atomic E-state index is 13.9. The molecule has 0 spiro atoms. The first-order valence-electron chi connectivity index (χ1n) is 11.9. The maximum atomic E-state index is 13.9. The summed E-state index contributed by atoms with van der Waals surface area (Å²) in [5.41, 5.74) is 1.11. The van der Waals surface area contributed by atoms with Crippen molar-refractivity contribution in [2.45, 2.75) is 18.9 Å². The van der Waals surface area contributed by atoms with E-state index in [1.165, 1.54) is 4.90 Å². The summed E-state index contributed by atoms with van der Waals surface area (Å²) >= 11 is 3.02. The molecule has 2 heterocycles. The number of halogens is 4. The molecule has 0 saturated carbocycles. The van der Waals surface area contributed by atoms with E-state index in [1.807, 2.05) is 24.3 Å². The summed E-state index contributed by atoms with van der Waals surface area (Å²) in [6.07, 6.45) is 0.588. The summed E-state index contributed by atoms with van der Waals surface area (Å²) < 4.78 is 33.3. The molecule has 3 aromatic carbocycles. The van der Waals surface area contributed by atoms with Crippen molar-refractivity contribution in [1.82, 2.24) is 9.80 Å². The van der Waals surface area contributed by atoms with Crippen LogP contribution in [-0.4, -0.2) is 65.6 Å². The third-order valence-corrected chi connectivity index (χ3v) is 7.31. The lowest BCUT2D eigenvalue weighted by Crippen LogP contribution is -2.46. The van der Waals surface area contributed by atoms with Gasteiger partial charge < -0.3 is 14.7 Å². The van der Waals surface area contributed by atoms with E-state index in [0.29, 0.717) is 37.3 Å². The number of nitrogens with zero attached hydrogens (tertiary/aromatic N) is 2. The molecular formula is C27H26BrClF2N2O4. The lowest BCUT2D eigenvalue weighted by Gasteiger charge is -2.36. The molecule has 6 nitrogen and oxygen atoms in total. The molecule has 1 unspecified atom stereocenters. The van der Waals surface area contributed by atoms with Gasteiger partial charge in [0.1, 0.15) is 12.7 Å². The average Bonchev–Trinajstić information content (AvgIpc) is 2.85. The number of piperidine rings is 1. The molecule has 2 aliphatic heterocycles. The Morgan fingerprint density at radius 2 is 1.57 bits per heavy atom. The molecular weight excluding hydrogens is 570 g/mol. The highest BCUT2D eigenvalue weighted by molar-refractivity contribution is 9.10. The number of aliphatic hydroxyl groups is 1. The Morgan fingerprint density at radius 3 is 2.14 bits per heavy atom. The van der Waals surface area contributed by atoms with E-state index < -0.39 is 23.5 Å². The van der Waals surface area contributed by atoms with Crippen LogP contribution in [0.3, 0.4) is 0 Å². The third kappa shape index (κ3) is 5.65. The van der Waals surface area contributed by atoms with Gasteiger partial charge in [0.2, 0.25) is 0 Å². The van der Waals surface area contributed by atoms with Crippen LogP contribution >= 0.6 is 28.3 Å². The molecule has 0 radical (unpaired) electrons. The van der Waals surface area contributed by atoms with Gasteiger partial charge in [-0.05, 0) is 61.5 Å². The molecule has 1 N–H and O–H groups in total. The number of aliphatic hydroxyl groups excluding tert-OH is 1. The van der Waals surface area contributed by atoms with Crippen LogP contribution in [-0.2, 0) is 0 Å². The van der Waals surface area contributed by atoms with Gasteiger partial charge in [0.25, 0.3) is 11.8 Å². The first-order chi connectivity index (χ1) is 17.3. The van der Waals surface area contributed by atoms with Crippen LogP contribution in [0.4, 0.5) is 8.78 Å². The second-order valence-electron chi connectivity index (χ2n) is 9.34. The van der Waals surface area contributed by atoms with E-state index in [1.54, 1.807) is 12.1 Å². The SMILES string of the molecule is Cl.O=C1c2cccc3cccc(c23)C(=O)N1CC1CCN(CC(O)COc2c(F)cc(Br)cc2F)CC1. The smallest absolute Gasteiger partial charge is 0.261 e. The highest BCUT2D eigenvalue weighted by Gasteiger charge is 2.35.